The molecule has 4 heteroatoms. The fourth-order valence-electron chi connectivity index (χ4n) is 4.42. The molecule has 0 aromatic heterocycles. The zero-order valence-corrected chi connectivity index (χ0v) is 14.0. The topological polar surface area (TPSA) is 43.8 Å². The molecule has 1 saturated heterocycles. The predicted molar refractivity (Wildman–Crippen MR) is 87.6 cm³/mol. The van der Waals surface area contributed by atoms with Gasteiger partial charge in [-0.15, -0.1) is 0 Å². The third-order valence-electron chi connectivity index (χ3n) is 5.81. The summed E-state index contributed by atoms with van der Waals surface area (Å²) in [4.78, 5) is 17.4. The Labute approximate surface area is 134 Å². The summed E-state index contributed by atoms with van der Waals surface area (Å²) in [5.41, 5.74) is 0. The fourth-order valence-corrected chi connectivity index (χ4v) is 4.42. The molecule has 0 radical (unpaired) electrons. The van der Waals surface area contributed by atoms with Crippen LogP contribution in [0.2, 0.25) is 0 Å². The first-order valence-electron chi connectivity index (χ1n) is 9.44. The Kier molecular flexibility index (Phi) is 5.40. The molecule has 1 aliphatic heterocycles. The molecule has 4 nitrogen and oxygen atoms in total. The molecule has 1 amide bonds. The third kappa shape index (κ3) is 3.65. The second-order valence-corrected chi connectivity index (χ2v) is 7.48. The first kappa shape index (κ1) is 16.3. The van der Waals surface area contributed by atoms with E-state index in [9.17, 15) is 9.90 Å². The number of nitrogens with zero attached hydrogens (tertiary/aromatic N) is 2. The molecule has 2 aliphatic carbocycles. The van der Waals surface area contributed by atoms with Crippen LogP contribution in [0.1, 0.15) is 71.1 Å². The van der Waals surface area contributed by atoms with Crippen molar-refractivity contribution in [1.82, 2.24) is 9.80 Å². The molecule has 1 heterocycles. The van der Waals surface area contributed by atoms with Crippen LogP contribution < -0.4 is 0 Å². The van der Waals surface area contributed by atoms with Gasteiger partial charge in [-0.1, -0.05) is 26.2 Å². The third-order valence-corrected chi connectivity index (χ3v) is 5.81. The SMILES string of the molecule is CCC(O)C1CCCCN1CC(=O)N(C1CCCC1)C1CC1. The van der Waals surface area contributed by atoms with Gasteiger partial charge in [-0.3, -0.25) is 9.69 Å². The Morgan fingerprint density at radius 3 is 2.36 bits per heavy atom. The van der Waals surface area contributed by atoms with Crippen molar-refractivity contribution in [2.75, 3.05) is 13.1 Å². The average molecular weight is 308 g/mol. The van der Waals surface area contributed by atoms with Gasteiger partial charge in [0.25, 0.3) is 0 Å². The van der Waals surface area contributed by atoms with Crippen molar-refractivity contribution in [2.24, 2.45) is 0 Å². The number of carbonyl (C=O) groups is 1. The van der Waals surface area contributed by atoms with Crippen molar-refractivity contribution in [1.29, 1.82) is 0 Å². The van der Waals surface area contributed by atoms with Crippen LogP contribution in [0.3, 0.4) is 0 Å². The molecule has 0 aromatic carbocycles. The molecule has 3 fully saturated rings. The maximum atomic E-state index is 12.9. The lowest BCUT2D eigenvalue weighted by atomic mass is 9.96. The number of hydrogen-bond donors (Lipinski definition) is 1. The van der Waals surface area contributed by atoms with E-state index in [4.69, 9.17) is 0 Å². The Morgan fingerprint density at radius 2 is 1.73 bits per heavy atom. The molecule has 0 aromatic rings. The van der Waals surface area contributed by atoms with Gasteiger partial charge in [0, 0.05) is 18.1 Å². The van der Waals surface area contributed by atoms with E-state index in [1.165, 1.54) is 44.9 Å². The second-order valence-electron chi connectivity index (χ2n) is 7.48. The van der Waals surface area contributed by atoms with E-state index in [2.05, 4.69) is 9.80 Å². The second kappa shape index (κ2) is 7.31. The smallest absolute Gasteiger partial charge is 0.237 e. The van der Waals surface area contributed by atoms with Gasteiger partial charge in [0.05, 0.1) is 12.6 Å². The first-order valence-corrected chi connectivity index (χ1v) is 9.44. The van der Waals surface area contributed by atoms with E-state index in [-0.39, 0.29) is 12.1 Å². The lowest BCUT2D eigenvalue weighted by molar-refractivity contribution is -0.137. The molecule has 1 N–H and O–H groups in total. The largest absolute Gasteiger partial charge is 0.392 e. The Morgan fingerprint density at radius 1 is 1.09 bits per heavy atom. The number of aliphatic hydroxyl groups excluding tert-OH is 1. The minimum absolute atomic E-state index is 0.187. The summed E-state index contributed by atoms with van der Waals surface area (Å²) in [7, 11) is 0. The van der Waals surface area contributed by atoms with Gasteiger partial charge in [0.2, 0.25) is 5.91 Å². The van der Waals surface area contributed by atoms with Crippen LogP contribution in [-0.4, -0.2) is 58.1 Å². The molecule has 2 unspecified atom stereocenters. The molecule has 126 valence electrons. The van der Waals surface area contributed by atoms with Crippen LogP contribution in [0.25, 0.3) is 0 Å². The lowest BCUT2D eigenvalue weighted by Crippen LogP contribution is -2.52. The summed E-state index contributed by atoms with van der Waals surface area (Å²) >= 11 is 0. The Balaban J connectivity index is 1.62. The van der Waals surface area contributed by atoms with Gasteiger partial charge >= 0.3 is 0 Å². The number of amides is 1. The van der Waals surface area contributed by atoms with Crippen molar-refractivity contribution in [3.8, 4) is 0 Å². The predicted octanol–water partition coefficient (Wildman–Crippen LogP) is 2.55. The molecule has 22 heavy (non-hydrogen) atoms. The van der Waals surface area contributed by atoms with Gasteiger partial charge in [-0.2, -0.15) is 0 Å². The van der Waals surface area contributed by atoms with E-state index < -0.39 is 0 Å². The van der Waals surface area contributed by atoms with Crippen LogP contribution in [0, 0.1) is 0 Å². The number of carbonyl (C=O) groups excluding carboxylic acids is 1. The summed E-state index contributed by atoms with van der Waals surface area (Å²) in [6.07, 6.45) is 11.2. The van der Waals surface area contributed by atoms with Crippen LogP contribution in [0.5, 0.6) is 0 Å². The number of rotatable bonds is 6. The molecule has 3 rings (SSSR count). The summed E-state index contributed by atoms with van der Waals surface area (Å²) < 4.78 is 0. The highest BCUT2D eigenvalue weighted by Gasteiger charge is 2.39. The highest BCUT2D eigenvalue weighted by atomic mass is 16.3. The van der Waals surface area contributed by atoms with Crippen molar-refractivity contribution in [3.05, 3.63) is 0 Å². The summed E-state index contributed by atoms with van der Waals surface area (Å²) in [5.74, 6) is 0.324. The van der Waals surface area contributed by atoms with Crippen molar-refractivity contribution in [2.45, 2.75) is 95.4 Å². The minimum Gasteiger partial charge on any atom is -0.392 e. The van der Waals surface area contributed by atoms with Crippen LogP contribution >= 0.6 is 0 Å². The highest BCUT2D eigenvalue weighted by molar-refractivity contribution is 5.79. The van der Waals surface area contributed by atoms with E-state index in [1.807, 2.05) is 6.92 Å². The maximum Gasteiger partial charge on any atom is 0.237 e. The molecular formula is C18H32N2O2. The van der Waals surface area contributed by atoms with E-state index in [0.29, 0.717) is 24.5 Å². The number of likely N-dealkylation sites (tertiary alicyclic amines) is 1. The van der Waals surface area contributed by atoms with Gasteiger partial charge in [0.15, 0.2) is 0 Å². The van der Waals surface area contributed by atoms with Gasteiger partial charge < -0.3 is 10.0 Å². The molecule has 2 atom stereocenters. The highest BCUT2D eigenvalue weighted by Crippen LogP contribution is 2.35. The van der Waals surface area contributed by atoms with Crippen molar-refractivity contribution >= 4 is 5.91 Å². The molecular weight excluding hydrogens is 276 g/mol. The van der Waals surface area contributed by atoms with E-state index >= 15 is 0 Å². The quantitative estimate of drug-likeness (QED) is 0.820. The normalized spacial score (nSPS) is 28.7. The van der Waals surface area contributed by atoms with Crippen molar-refractivity contribution in [3.63, 3.8) is 0 Å². The zero-order chi connectivity index (χ0) is 15.5. The summed E-state index contributed by atoms with van der Waals surface area (Å²) in [5, 5.41) is 10.3. The number of piperidine rings is 1. The van der Waals surface area contributed by atoms with Gasteiger partial charge in [0.1, 0.15) is 0 Å². The van der Waals surface area contributed by atoms with Crippen molar-refractivity contribution < 1.29 is 9.90 Å². The van der Waals surface area contributed by atoms with Gasteiger partial charge in [-0.05, 0) is 51.5 Å². The van der Waals surface area contributed by atoms with Crippen LogP contribution in [0.15, 0.2) is 0 Å². The van der Waals surface area contributed by atoms with Crippen LogP contribution in [-0.2, 0) is 4.79 Å². The first-order chi connectivity index (χ1) is 10.7. The minimum atomic E-state index is -0.283. The zero-order valence-electron chi connectivity index (χ0n) is 14.0. The number of aliphatic hydroxyl groups is 1. The van der Waals surface area contributed by atoms with Crippen LogP contribution in [0.4, 0.5) is 0 Å². The summed E-state index contributed by atoms with van der Waals surface area (Å²) in [6.45, 7) is 3.53. The Bertz CT molecular complexity index is 377. The fraction of sp³-hybridized carbons (Fsp3) is 0.944. The standard InChI is InChI=1S/C18H32N2O2/c1-2-17(21)16-9-5-6-12-19(16)13-18(22)20(15-10-11-15)14-7-3-4-8-14/h14-17,21H,2-13H2,1H3. The monoisotopic (exact) mass is 308 g/mol. The molecule has 2 saturated carbocycles. The molecule has 3 aliphatic rings. The maximum absolute atomic E-state index is 12.9. The van der Waals surface area contributed by atoms with E-state index in [1.54, 1.807) is 0 Å². The Hall–Kier alpha value is -0.610. The summed E-state index contributed by atoms with van der Waals surface area (Å²) in [6, 6.07) is 1.21. The number of hydrogen-bond acceptors (Lipinski definition) is 3. The molecule has 0 spiro atoms. The lowest BCUT2D eigenvalue weighted by Gasteiger charge is -2.39. The molecule has 0 bridgehead atoms. The average Bonchev–Trinajstić information content (AvgIpc) is 3.21. The van der Waals surface area contributed by atoms with Gasteiger partial charge in [-0.25, -0.2) is 0 Å². The van der Waals surface area contributed by atoms with E-state index in [0.717, 1.165) is 25.8 Å².